The molecule has 1 aromatic carbocycles. The van der Waals surface area contributed by atoms with Gasteiger partial charge in [0.2, 0.25) is 0 Å². The van der Waals surface area contributed by atoms with Gasteiger partial charge in [0.15, 0.2) is 0 Å². The minimum atomic E-state index is 0.0536. The molecule has 0 amide bonds. The van der Waals surface area contributed by atoms with Gasteiger partial charge in [-0.1, -0.05) is 11.6 Å². The third kappa shape index (κ3) is 2.34. The van der Waals surface area contributed by atoms with E-state index in [0.29, 0.717) is 16.3 Å². The van der Waals surface area contributed by atoms with Crippen LogP contribution in [0.4, 0.5) is 0 Å². The van der Waals surface area contributed by atoms with E-state index >= 15 is 0 Å². The molecular formula is C16H12ClN3O. The maximum Gasteiger partial charge on any atom is 0.125 e. The molecule has 104 valence electrons. The Morgan fingerprint density at radius 3 is 2.76 bits per heavy atom. The summed E-state index contributed by atoms with van der Waals surface area (Å²) in [4.78, 5) is 8.63. The van der Waals surface area contributed by atoms with Gasteiger partial charge in [0, 0.05) is 35.1 Å². The van der Waals surface area contributed by atoms with Crippen molar-refractivity contribution in [3.8, 4) is 17.0 Å². The number of halogens is 1. The van der Waals surface area contributed by atoms with Crippen LogP contribution in [0.25, 0.3) is 22.0 Å². The maximum atomic E-state index is 9.96. The fourth-order valence-electron chi connectivity index (χ4n) is 2.21. The van der Waals surface area contributed by atoms with Gasteiger partial charge in [-0.15, -0.1) is 0 Å². The van der Waals surface area contributed by atoms with Gasteiger partial charge in [0.1, 0.15) is 5.75 Å². The van der Waals surface area contributed by atoms with E-state index in [1.54, 1.807) is 24.5 Å². The molecule has 21 heavy (non-hydrogen) atoms. The van der Waals surface area contributed by atoms with E-state index in [1.807, 2.05) is 19.1 Å². The Morgan fingerprint density at radius 2 is 2.05 bits per heavy atom. The molecule has 0 aliphatic rings. The van der Waals surface area contributed by atoms with Gasteiger partial charge in [0.05, 0.1) is 16.4 Å². The van der Waals surface area contributed by atoms with Crippen molar-refractivity contribution in [1.29, 1.82) is 5.41 Å². The fourth-order valence-corrected chi connectivity index (χ4v) is 2.37. The first-order valence-electron chi connectivity index (χ1n) is 6.35. The van der Waals surface area contributed by atoms with Crippen LogP contribution < -0.4 is 0 Å². The number of nitrogens with zero attached hydrogens (tertiary/aromatic N) is 2. The number of fused-ring (bicyclic) bond motifs is 1. The standard InChI is InChI=1S/C16H12ClN3O/c1-9-14(17)5-12(8-20-9)16-13-6-15(21)11(7-18)4-10(13)2-3-19-16/h2-8,18,21H,1H3. The van der Waals surface area contributed by atoms with Crippen molar-refractivity contribution in [1.82, 2.24) is 9.97 Å². The lowest BCUT2D eigenvalue weighted by Crippen LogP contribution is -1.91. The first-order valence-corrected chi connectivity index (χ1v) is 6.72. The molecule has 3 rings (SSSR count). The molecule has 0 saturated heterocycles. The zero-order valence-corrected chi connectivity index (χ0v) is 12.0. The lowest BCUT2D eigenvalue weighted by molar-refractivity contribution is 0.475. The first kappa shape index (κ1) is 13.5. The summed E-state index contributed by atoms with van der Waals surface area (Å²) in [5.41, 5.74) is 2.72. The largest absolute Gasteiger partial charge is 0.507 e. The van der Waals surface area contributed by atoms with Crippen molar-refractivity contribution in [3.05, 3.63) is 52.9 Å². The number of aromatic hydroxyl groups is 1. The number of aromatic nitrogens is 2. The summed E-state index contributed by atoms with van der Waals surface area (Å²) in [6.45, 7) is 1.84. The molecule has 2 N–H and O–H groups in total. The van der Waals surface area contributed by atoms with Gasteiger partial charge < -0.3 is 10.5 Å². The number of phenolic OH excluding ortho intramolecular Hbond substituents is 1. The van der Waals surface area contributed by atoms with Crippen LogP contribution in [0.15, 0.2) is 36.7 Å². The maximum absolute atomic E-state index is 9.96. The molecular weight excluding hydrogens is 286 g/mol. The van der Waals surface area contributed by atoms with Gasteiger partial charge in [0.25, 0.3) is 0 Å². The zero-order valence-electron chi connectivity index (χ0n) is 11.3. The molecule has 0 spiro atoms. The van der Waals surface area contributed by atoms with Crippen LogP contribution in [0.2, 0.25) is 5.02 Å². The smallest absolute Gasteiger partial charge is 0.125 e. The predicted molar refractivity (Wildman–Crippen MR) is 84.3 cm³/mol. The van der Waals surface area contributed by atoms with Crippen molar-refractivity contribution in [2.45, 2.75) is 6.92 Å². The van der Waals surface area contributed by atoms with Crippen LogP contribution in [0.1, 0.15) is 11.3 Å². The second-order valence-corrected chi connectivity index (χ2v) is 5.13. The molecule has 0 fully saturated rings. The van der Waals surface area contributed by atoms with Crippen LogP contribution in [0.3, 0.4) is 0 Å². The normalized spacial score (nSPS) is 10.8. The summed E-state index contributed by atoms with van der Waals surface area (Å²) in [6.07, 6.45) is 4.53. The van der Waals surface area contributed by atoms with Gasteiger partial charge in [-0.3, -0.25) is 9.97 Å². The number of nitrogens with one attached hydrogen (secondary N) is 1. The predicted octanol–water partition coefficient (Wildman–Crippen LogP) is 3.96. The monoisotopic (exact) mass is 297 g/mol. The Bertz CT molecular complexity index is 862. The number of phenols is 1. The highest BCUT2D eigenvalue weighted by molar-refractivity contribution is 6.31. The summed E-state index contributed by atoms with van der Waals surface area (Å²) in [5, 5.41) is 19.5. The van der Waals surface area contributed by atoms with Crippen LogP contribution in [0, 0.1) is 12.3 Å². The Labute approximate surface area is 126 Å². The van der Waals surface area contributed by atoms with E-state index in [9.17, 15) is 5.11 Å². The quantitative estimate of drug-likeness (QED) is 0.703. The van der Waals surface area contributed by atoms with E-state index in [1.165, 1.54) is 0 Å². The summed E-state index contributed by atoms with van der Waals surface area (Å²) < 4.78 is 0. The number of hydrogen-bond donors (Lipinski definition) is 2. The number of benzene rings is 1. The fraction of sp³-hybridized carbons (Fsp3) is 0.0625. The second kappa shape index (κ2) is 5.14. The van der Waals surface area contributed by atoms with E-state index in [4.69, 9.17) is 17.0 Å². The number of pyridine rings is 2. The first-order chi connectivity index (χ1) is 10.1. The molecule has 0 bridgehead atoms. The van der Waals surface area contributed by atoms with Crippen molar-refractivity contribution < 1.29 is 5.11 Å². The summed E-state index contributed by atoms with van der Waals surface area (Å²) in [6, 6.07) is 7.03. The molecule has 2 aromatic heterocycles. The highest BCUT2D eigenvalue weighted by Gasteiger charge is 2.10. The van der Waals surface area contributed by atoms with Crippen molar-refractivity contribution in [2.24, 2.45) is 0 Å². The van der Waals surface area contributed by atoms with E-state index in [2.05, 4.69) is 9.97 Å². The number of hydrogen-bond acceptors (Lipinski definition) is 4. The SMILES string of the molecule is Cc1ncc(-c2nccc3cc(C=N)c(O)cc23)cc1Cl. The molecule has 4 nitrogen and oxygen atoms in total. The highest BCUT2D eigenvalue weighted by Crippen LogP contribution is 2.32. The topological polar surface area (TPSA) is 69.9 Å². The van der Waals surface area contributed by atoms with Crippen molar-refractivity contribution in [2.75, 3.05) is 0 Å². The van der Waals surface area contributed by atoms with Crippen LogP contribution in [-0.2, 0) is 0 Å². The molecule has 3 aromatic rings. The molecule has 2 heterocycles. The summed E-state index contributed by atoms with van der Waals surface area (Å²) in [7, 11) is 0. The lowest BCUT2D eigenvalue weighted by atomic mass is 10.0. The summed E-state index contributed by atoms with van der Waals surface area (Å²) >= 11 is 6.12. The Morgan fingerprint density at radius 1 is 1.24 bits per heavy atom. The van der Waals surface area contributed by atoms with Crippen LogP contribution in [-0.4, -0.2) is 21.3 Å². The molecule has 5 heteroatoms. The third-order valence-electron chi connectivity index (χ3n) is 3.37. The molecule has 0 aliphatic carbocycles. The number of rotatable bonds is 2. The van der Waals surface area contributed by atoms with Gasteiger partial charge in [-0.05, 0) is 36.6 Å². The Kier molecular flexibility index (Phi) is 3.31. The Hall–Kier alpha value is -2.46. The van der Waals surface area contributed by atoms with Crippen LogP contribution >= 0.6 is 11.6 Å². The average Bonchev–Trinajstić information content (AvgIpc) is 2.49. The lowest BCUT2D eigenvalue weighted by Gasteiger charge is -2.08. The van der Waals surface area contributed by atoms with Crippen LogP contribution in [0.5, 0.6) is 5.75 Å². The Balaban J connectivity index is 2.29. The summed E-state index contributed by atoms with van der Waals surface area (Å²) in [5.74, 6) is 0.0536. The average molecular weight is 298 g/mol. The zero-order chi connectivity index (χ0) is 15.0. The van der Waals surface area contributed by atoms with E-state index in [0.717, 1.165) is 28.2 Å². The van der Waals surface area contributed by atoms with E-state index in [-0.39, 0.29) is 5.75 Å². The van der Waals surface area contributed by atoms with Crippen molar-refractivity contribution >= 4 is 28.6 Å². The number of aryl methyl sites for hydroxylation is 1. The minimum absolute atomic E-state index is 0.0536. The molecule has 0 radical (unpaired) electrons. The molecule has 0 unspecified atom stereocenters. The molecule has 0 aliphatic heterocycles. The highest BCUT2D eigenvalue weighted by atomic mass is 35.5. The third-order valence-corrected chi connectivity index (χ3v) is 3.75. The molecule has 0 atom stereocenters. The van der Waals surface area contributed by atoms with Gasteiger partial charge in [-0.2, -0.15) is 0 Å². The minimum Gasteiger partial charge on any atom is -0.507 e. The van der Waals surface area contributed by atoms with Gasteiger partial charge in [-0.25, -0.2) is 0 Å². The van der Waals surface area contributed by atoms with Gasteiger partial charge >= 0.3 is 0 Å². The molecule has 0 saturated carbocycles. The van der Waals surface area contributed by atoms with Crippen molar-refractivity contribution in [3.63, 3.8) is 0 Å². The van der Waals surface area contributed by atoms with E-state index < -0.39 is 0 Å². The second-order valence-electron chi connectivity index (χ2n) is 4.73.